The highest BCUT2D eigenvalue weighted by molar-refractivity contribution is 6.22. The molecule has 5 heteroatoms. The number of Topliss-reactive ketones (excluding diaryl/α,β-unsaturated/α-hetero) is 1. The third kappa shape index (κ3) is 3.24. The van der Waals surface area contributed by atoms with Crippen LogP contribution in [-0.2, 0) is 9.59 Å². The highest BCUT2D eigenvalue weighted by Crippen LogP contribution is 2.40. The predicted octanol–water partition coefficient (Wildman–Crippen LogP) is 3.65. The summed E-state index contributed by atoms with van der Waals surface area (Å²) in [5.74, 6) is -0.366. The van der Waals surface area contributed by atoms with Gasteiger partial charge in [-0.3, -0.25) is 19.3 Å². The van der Waals surface area contributed by atoms with E-state index in [0.717, 1.165) is 0 Å². The number of imide groups is 1. The number of carbonyl (C=O) groups is 3. The number of allylic oxidation sites excluding steroid dienone is 2. The van der Waals surface area contributed by atoms with Crippen molar-refractivity contribution >= 4 is 23.3 Å². The molecule has 5 nitrogen and oxygen atoms in total. The van der Waals surface area contributed by atoms with Crippen LogP contribution in [-0.4, -0.2) is 24.2 Å². The lowest BCUT2D eigenvalue weighted by Gasteiger charge is -2.22. The third-order valence-corrected chi connectivity index (χ3v) is 5.43. The van der Waals surface area contributed by atoms with Crippen LogP contribution in [0.5, 0.6) is 5.75 Å². The van der Waals surface area contributed by atoms with Crippen LogP contribution in [0.25, 0.3) is 0 Å². The van der Waals surface area contributed by atoms with Crippen LogP contribution < -0.4 is 9.64 Å². The molecule has 1 saturated heterocycles. The quantitative estimate of drug-likeness (QED) is 0.455. The number of benzene rings is 2. The Morgan fingerprint density at radius 2 is 1.75 bits per heavy atom. The molecule has 2 aromatic carbocycles. The Labute approximate surface area is 163 Å². The van der Waals surface area contributed by atoms with Crippen molar-refractivity contribution in [1.29, 1.82) is 0 Å². The number of fused-ring (bicyclic) bond motifs is 1. The van der Waals surface area contributed by atoms with Gasteiger partial charge in [0.1, 0.15) is 5.75 Å². The Balaban J connectivity index is 1.44. The summed E-state index contributed by atoms with van der Waals surface area (Å²) in [5.41, 5.74) is 1.14. The summed E-state index contributed by atoms with van der Waals surface area (Å²) in [6.07, 6.45) is 4.61. The Hall–Kier alpha value is -3.21. The van der Waals surface area contributed by atoms with Crippen LogP contribution in [0.15, 0.2) is 66.7 Å². The van der Waals surface area contributed by atoms with Crippen molar-refractivity contribution in [3.63, 3.8) is 0 Å². The molecule has 1 aliphatic carbocycles. The number of anilines is 1. The molecule has 142 valence electrons. The molecule has 0 aromatic heterocycles. The molecule has 3 atom stereocenters. The molecule has 0 bridgehead atoms. The average Bonchev–Trinajstić information content (AvgIpc) is 2.98. The summed E-state index contributed by atoms with van der Waals surface area (Å²) in [5, 5.41) is 0. The predicted molar refractivity (Wildman–Crippen MR) is 105 cm³/mol. The van der Waals surface area contributed by atoms with Crippen molar-refractivity contribution in [2.24, 2.45) is 17.8 Å². The molecular formula is C23H21NO4. The number of rotatable bonds is 5. The normalized spacial score (nSPS) is 23.6. The van der Waals surface area contributed by atoms with Crippen LogP contribution in [0.2, 0.25) is 0 Å². The van der Waals surface area contributed by atoms with Gasteiger partial charge in [0, 0.05) is 5.56 Å². The maximum atomic E-state index is 12.8. The second-order valence-corrected chi connectivity index (χ2v) is 7.24. The summed E-state index contributed by atoms with van der Waals surface area (Å²) in [6.45, 7) is 1.90. The molecular weight excluding hydrogens is 354 g/mol. The fourth-order valence-corrected chi connectivity index (χ4v) is 3.95. The van der Waals surface area contributed by atoms with E-state index in [1.165, 1.54) is 4.90 Å². The smallest absolute Gasteiger partial charge is 0.238 e. The molecule has 2 aromatic rings. The number of ether oxygens (including phenoxy) is 1. The van der Waals surface area contributed by atoms with Crippen molar-refractivity contribution in [3.05, 3.63) is 72.3 Å². The number of carbonyl (C=O) groups excluding carboxylic acids is 3. The van der Waals surface area contributed by atoms with Gasteiger partial charge in [-0.05, 0) is 36.6 Å². The highest BCUT2D eigenvalue weighted by atomic mass is 16.5. The standard InChI is InChI=1S/C23H21NO4/c1-15-6-5-9-19-21(15)23(27)24(22(19)26)17-10-12-18(13-11-17)28-14-20(25)16-7-3-2-4-8-16/h2-8,10-13,15,19,21H,9,14H2,1H3/t15-,19+,21+/m0/s1. The molecule has 1 fully saturated rings. The average molecular weight is 375 g/mol. The largest absolute Gasteiger partial charge is 0.485 e. The lowest BCUT2D eigenvalue weighted by molar-refractivity contribution is -0.122. The maximum absolute atomic E-state index is 12.8. The van der Waals surface area contributed by atoms with Crippen LogP contribution in [0.3, 0.4) is 0 Å². The van der Waals surface area contributed by atoms with Crippen molar-refractivity contribution in [3.8, 4) is 5.75 Å². The Kier molecular flexibility index (Phi) is 4.82. The number of ketones is 1. The van der Waals surface area contributed by atoms with Gasteiger partial charge in [0.25, 0.3) is 0 Å². The summed E-state index contributed by atoms with van der Waals surface area (Å²) in [4.78, 5) is 39.0. The lowest BCUT2D eigenvalue weighted by Crippen LogP contribution is -2.31. The molecule has 0 saturated carbocycles. The summed E-state index contributed by atoms with van der Waals surface area (Å²) in [7, 11) is 0. The first kappa shape index (κ1) is 18.2. The minimum absolute atomic E-state index is 0.0619. The van der Waals surface area contributed by atoms with Crippen LogP contribution >= 0.6 is 0 Å². The minimum Gasteiger partial charge on any atom is -0.485 e. The van der Waals surface area contributed by atoms with Crippen molar-refractivity contribution in [1.82, 2.24) is 0 Å². The number of amides is 2. The Morgan fingerprint density at radius 1 is 1.04 bits per heavy atom. The molecule has 1 aliphatic heterocycles. The Morgan fingerprint density at radius 3 is 2.43 bits per heavy atom. The zero-order valence-electron chi connectivity index (χ0n) is 15.6. The molecule has 0 unspecified atom stereocenters. The van der Waals surface area contributed by atoms with E-state index < -0.39 is 0 Å². The van der Waals surface area contributed by atoms with Crippen molar-refractivity contribution in [2.75, 3.05) is 11.5 Å². The van der Waals surface area contributed by atoms with Crippen LogP contribution in [0.4, 0.5) is 5.69 Å². The van der Waals surface area contributed by atoms with E-state index in [1.807, 2.05) is 25.1 Å². The van der Waals surface area contributed by atoms with Gasteiger partial charge in [-0.2, -0.15) is 0 Å². The number of hydrogen-bond donors (Lipinski definition) is 0. The van der Waals surface area contributed by atoms with Gasteiger partial charge >= 0.3 is 0 Å². The summed E-state index contributed by atoms with van der Waals surface area (Å²) >= 11 is 0. The van der Waals surface area contributed by atoms with Gasteiger partial charge in [0.05, 0.1) is 17.5 Å². The van der Waals surface area contributed by atoms with E-state index in [1.54, 1.807) is 48.5 Å². The van der Waals surface area contributed by atoms with Crippen LogP contribution in [0.1, 0.15) is 23.7 Å². The van der Waals surface area contributed by atoms with E-state index in [-0.39, 0.29) is 42.0 Å². The number of hydrogen-bond acceptors (Lipinski definition) is 4. The first-order valence-electron chi connectivity index (χ1n) is 9.42. The molecule has 2 aliphatic rings. The topological polar surface area (TPSA) is 63.7 Å². The van der Waals surface area contributed by atoms with Gasteiger partial charge in [0.2, 0.25) is 11.8 Å². The second kappa shape index (κ2) is 7.43. The summed E-state index contributed by atoms with van der Waals surface area (Å²) in [6, 6.07) is 15.7. The maximum Gasteiger partial charge on any atom is 0.238 e. The Bertz CT molecular complexity index is 933. The monoisotopic (exact) mass is 375 g/mol. The zero-order chi connectivity index (χ0) is 19.7. The molecule has 0 N–H and O–H groups in total. The van der Waals surface area contributed by atoms with Crippen molar-refractivity contribution in [2.45, 2.75) is 13.3 Å². The minimum atomic E-state index is -0.281. The first-order valence-corrected chi connectivity index (χ1v) is 9.42. The van der Waals surface area contributed by atoms with Gasteiger partial charge < -0.3 is 4.74 Å². The van der Waals surface area contributed by atoms with E-state index in [9.17, 15) is 14.4 Å². The molecule has 0 spiro atoms. The van der Waals surface area contributed by atoms with Gasteiger partial charge in [0.15, 0.2) is 12.4 Å². The van der Waals surface area contributed by atoms with E-state index in [0.29, 0.717) is 23.4 Å². The van der Waals surface area contributed by atoms with Crippen LogP contribution in [0, 0.1) is 17.8 Å². The lowest BCUT2D eigenvalue weighted by atomic mass is 9.78. The number of nitrogens with zero attached hydrogens (tertiary/aromatic N) is 1. The molecule has 4 rings (SSSR count). The van der Waals surface area contributed by atoms with E-state index in [4.69, 9.17) is 4.74 Å². The van der Waals surface area contributed by atoms with Gasteiger partial charge in [-0.15, -0.1) is 0 Å². The zero-order valence-corrected chi connectivity index (χ0v) is 15.6. The fourth-order valence-electron chi connectivity index (χ4n) is 3.95. The van der Waals surface area contributed by atoms with Gasteiger partial charge in [-0.25, -0.2) is 0 Å². The third-order valence-electron chi connectivity index (χ3n) is 5.43. The molecule has 1 heterocycles. The highest BCUT2D eigenvalue weighted by Gasteiger charge is 2.50. The summed E-state index contributed by atoms with van der Waals surface area (Å²) < 4.78 is 5.56. The van der Waals surface area contributed by atoms with E-state index >= 15 is 0 Å². The second-order valence-electron chi connectivity index (χ2n) is 7.24. The van der Waals surface area contributed by atoms with E-state index in [2.05, 4.69) is 0 Å². The first-order chi connectivity index (χ1) is 13.6. The molecule has 2 amide bonds. The van der Waals surface area contributed by atoms with Crippen molar-refractivity contribution < 1.29 is 19.1 Å². The fraction of sp³-hybridized carbons (Fsp3) is 0.261. The SMILES string of the molecule is C[C@H]1C=CC[C@H]2C(=O)N(c3ccc(OCC(=O)c4ccccc4)cc3)C(=O)[C@H]12. The van der Waals surface area contributed by atoms with Gasteiger partial charge in [-0.1, -0.05) is 49.4 Å². The molecule has 0 radical (unpaired) electrons. The molecule has 28 heavy (non-hydrogen) atoms.